The van der Waals surface area contributed by atoms with E-state index in [1.54, 1.807) is 16.7 Å². The highest BCUT2D eigenvalue weighted by atomic mass is 32.2. The van der Waals surface area contributed by atoms with Crippen molar-refractivity contribution >= 4 is 23.5 Å². The van der Waals surface area contributed by atoms with Crippen molar-refractivity contribution < 1.29 is 9.90 Å². The Kier molecular flexibility index (Phi) is 7.36. The van der Waals surface area contributed by atoms with Gasteiger partial charge in [0, 0.05) is 23.7 Å². The lowest BCUT2D eigenvalue weighted by molar-refractivity contribution is 0.187. The number of nitrogens with one attached hydrogen (secondary N) is 1. The molecule has 0 radical (unpaired) electrons. The summed E-state index contributed by atoms with van der Waals surface area (Å²) in [5, 5.41) is 11.8. The van der Waals surface area contributed by atoms with Crippen LogP contribution >= 0.6 is 11.8 Å². The van der Waals surface area contributed by atoms with Crippen LogP contribution in [0.5, 0.6) is 0 Å². The van der Waals surface area contributed by atoms with Gasteiger partial charge in [-0.2, -0.15) is 0 Å². The van der Waals surface area contributed by atoms with E-state index in [9.17, 15) is 4.79 Å². The van der Waals surface area contributed by atoms with Crippen molar-refractivity contribution in [3.63, 3.8) is 0 Å². The maximum absolute atomic E-state index is 12.1. The summed E-state index contributed by atoms with van der Waals surface area (Å²) in [6, 6.07) is 7.58. The van der Waals surface area contributed by atoms with E-state index < -0.39 is 0 Å². The van der Waals surface area contributed by atoms with Crippen molar-refractivity contribution in [2.24, 2.45) is 0 Å². The molecule has 19 heavy (non-hydrogen) atoms. The van der Waals surface area contributed by atoms with Crippen molar-refractivity contribution in [1.29, 1.82) is 0 Å². The first-order chi connectivity index (χ1) is 9.21. The lowest BCUT2D eigenvalue weighted by Gasteiger charge is -2.22. The minimum atomic E-state index is -0.153. The van der Waals surface area contributed by atoms with Crippen LogP contribution in [0.2, 0.25) is 0 Å². The average molecular weight is 282 g/mol. The van der Waals surface area contributed by atoms with Crippen molar-refractivity contribution in [1.82, 2.24) is 4.90 Å². The summed E-state index contributed by atoms with van der Waals surface area (Å²) in [5.74, 6) is 0. The van der Waals surface area contributed by atoms with Gasteiger partial charge in [0.1, 0.15) is 0 Å². The van der Waals surface area contributed by atoms with Crippen molar-refractivity contribution in [2.45, 2.75) is 24.7 Å². The third-order valence-electron chi connectivity index (χ3n) is 2.78. The van der Waals surface area contributed by atoms with Crippen LogP contribution in [0.4, 0.5) is 10.5 Å². The minimum absolute atomic E-state index is 0.0114. The summed E-state index contributed by atoms with van der Waals surface area (Å²) in [5.41, 5.74) is 0.780. The molecule has 106 valence electrons. The molecule has 1 aromatic rings. The first-order valence-electron chi connectivity index (χ1n) is 6.52. The zero-order chi connectivity index (χ0) is 14.1. The monoisotopic (exact) mass is 282 g/mol. The molecule has 1 aromatic carbocycles. The molecule has 0 bridgehead atoms. The summed E-state index contributed by atoms with van der Waals surface area (Å²) >= 11 is 1.67. The van der Waals surface area contributed by atoms with Gasteiger partial charge in [-0.05, 0) is 36.9 Å². The molecule has 2 amide bonds. The molecule has 0 aliphatic rings. The van der Waals surface area contributed by atoms with Crippen LogP contribution in [0.15, 0.2) is 29.2 Å². The Labute approximate surface area is 119 Å². The van der Waals surface area contributed by atoms with E-state index in [1.165, 1.54) is 0 Å². The zero-order valence-corrected chi connectivity index (χ0v) is 12.4. The molecule has 1 rings (SSSR count). The molecule has 5 heteroatoms. The number of benzene rings is 1. The highest BCUT2D eigenvalue weighted by Gasteiger charge is 2.12. The number of nitrogens with zero attached hydrogens (tertiary/aromatic N) is 1. The Morgan fingerprint density at radius 3 is 2.53 bits per heavy atom. The van der Waals surface area contributed by atoms with Gasteiger partial charge < -0.3 is 15.3 Å². The molecule has 0 aromatic heterocycles. The molecule has 2 N–H and O–H groups in total. The molecule has 0 saturated carbocycles. The molecular formula is C14H22N2O2S. The lowest BCUT2D eigenvalue weighted by Crippen LogP contribution is -2.37. The van der Waals surface area contributed by atoms with Crippen LogP contribution in [0.25, 0.3) is 0 Å². The van der Waals surface area contributed by atoms with Crippen LogP contribution in [0.3, 0.4) is 0 Å². The Morgan fingerprint density at radius 1 is 1.32 bits per heavy atom. The number of carbonyl (C=O) groups excluding carboxylic acids is 1. The summed E-state index contributed by atoms with van der Waals surface area (Å²) in [4.78, 5) is 14.9. The summed E-state index contributed by atoms with van der Waals surface area (Å²) in [7, 11) is 0. The van der Waals surface area contributed by atoms with E-state index in [2.05, 4.69) is 12.2 Å². The third-order valence-corrected chi connectivity index (χ3v) is 3.52. The van der Waals surface area contributed by atoms with Gasteiger partial charge >= 0.3 is 6.03 Å². The number of aliphatic hydroxyl groups excluding tert-OH is 1. The Balaban J connectivity index is 2.58. The van der Waals surface area contributed by atoms with Gasteiger partial charge in [-0.3, -0.25) is 0 Å². The Bertz CT molecular complexity index is 382. The fraction of sp³-hybridized carbons (Fsp3) is 0.500. The molecule has 0 spiro atoms. The number of aliphatic hydroxyl groups is 1. The topological polar surface area (TPSA) is 52.6 Å². The normalized spacial score (nSPS) is 10.3. The number of amides is 2. The third kappa shape index (κ3) is 5.53. The van der Waals surface area contributed by atoms with Crippen LogP contribution in [0, 0.1) is 0 Å². The number of rotatable bonds is 7. The zero-order valence-electron chi connectivity index (χ0n) is 11.6. The van der Waals surface area contributed by atoms with Gasteiger partial charge in [-0.25, -0.2) is 4.79 Å². The van der Waals surface area contributed by atoms with E-state index in [4.69, 9.17) is 5.11 Å². The quantitative estimate of drug-likeness (QED) is 0.756. The summed E-state index contributed by atoms with van der Waals surface area (Å²) < 4.78 is 0. The van der Waals surface area contributed by atoms with Gasteiger partial charge in [0.15, 0.2) is 0 Å². The summed E-state index contributed by atoms with van der Waals surface area (Å²) in [6.45, 7) is 3.11. The van der Waals surface area contributed by atoms with Gasteiger partial charge in [-0.15, -0.1) is 11.8 Å². The number of hydrogen-bond donors (Lipinski definition) is 2. The van der Waals surface area contributed by atoms with Crippen molar-refractivity contribution in [3.05, 3.63) is 24.3 Å². The standard InChI is InChI=1S/C14H22N2O2S/c1-3-4-9-16(10-11-17)14(18)15-12-5-7-13(19-2)8-6-12/h5-8,17H,3-4,9-11H2,1-2H3,(H,15,18). The molecule has 0 atom stereocenters. The van der Waals surface area contributed by atoms with Crippen LogP contribution in [0.1, 0.15) is 19.8 Å². The minimum Gasteiger partial charge on any atom is -0.395 e. The average Bonchev–Trinajstić information content (AvgIpc) is 2.44. The predicted octanol–water partition coefficient (Wildman–Crippen LogP) is 3.03. The van der Waals surface area contributed by atoms with Gasteiger partial charge in [0.05, 0.1) is 6.61 Å². The smallest absolute Gasteiger partial charge is 0.321 e. The maximum atomic E-state index is 12.1. The molecule has 4 nitrogen and oxygen atoms in total. The van der Waals surface area contributed by atoms with Crippen LogP contribution < -0.4 is 5.32 Å². The van der Waals surface area contributed by atoms with E-state index in [0.29, 0.717) is 13.1 Å². The molecule has 0 unspecified atom stereocenters. The van der Waals surface area contributed by atoms with E-state index in [-0.39, 0.29) is 12.6 Å². The van der Waals surface area contributed by atoms with E-state index in [0.717, 1.165) is 23.4 Å². The molecule has 0 heterocycles. The summed E-state index contributed by atoms with van der Waals surface area (Å²) in [6.07, 6.45) is 3.98. The van der Waals surface area contributed by atoms with E-state index in [1.807, 2.05) is 30.5 Å². The molecule has 0 saturated heterocycles. The van der Waals surface area contributed by atoms with Crippen molar-refractivity contribution in [2.75, 3.05) is 31.3 Å². The highest BCUT2D eigenvalue weighted by Crippen LogP contribution is 2.17. The largest absolute Gasteiger partial charge is 0.395 e. The SMILES string of the molecule is CCCCN(CCO)C(=O)Nc1ccc(SC)cc1. The number of anilines is 1. The Hall–Kier alpha value is -1.20. The van der Waals surface area contributed by atoms with Gasteiger partial charge in [0.25, 0.3) is 0 Å². The van der Waals surface area contributed by atoms with Gasteiger partial charge in [0.2, 0.25) is 0 Å². The fourth-order valence-electron chi connectivity index (χ4n) is 1.66. The lowest BCUT2D eigenvalue weighted by atomic mass is 10.3. The predicted molar refractivity (Wildman–Crippen MR) is 80.8 cm³/mol. The Morgan fingerprint density at radius 2 is 2.00 bits per heavy atom. The first kappa shape index (κ1) is 15.9. The number of urea groups is 1. The molecule has 0 fully saturated rings. The first-order valence-corrected chi connectivity index (χ1v) is 7.74. The second kappa shape index (κ2) is 8.82. The van der Waals surface area contributed by atoms with Crippen LogP contribution in [-0.4, -0.2) is 42.0 Å². The van der Waals surface area contributed by atoms with Crippen molar-refractivity contribution in [3.8, 4) is 0 Å². The fourth-order valence-corrected chi connectivity index (χ4v) is 2.07. The second-order valence-corrected chi connectivity index (χ2v) is 5.10. The number of carbonyl (C=O) groups is 1. The second-order valence-electron chi connectivity index (χ2n) is 4.22. The maximum Gasteiger partial charge on any atom is 0.321 e. The number of unbranched alkanes of at least 4 members (excludes halogenated alkanes) is 1. The number of thioether (sulfide) groups is 1. The molecule has 0 aliphatic heterocycles. The van der Waals surface area contributed by atoms with Crippen LogP contribution in [-0.2, 0) is 0 Å². The highest BCUT2D eigenvalue weighted by molar-refractivity contribution is 7.98. The molecule has 0 aliphatic carbocycles. The molecular weight excluding hydrogens is 260 g/mol. The van der Waals surface area contributed by atoms with Gasteiger partial charge in [-0.1, -0.05) is 13.3 Å². The number of hydrogen-bond acceptors (Lipinski definition) is 3. The van der Waals surface area contributed by atoms with E-state index >= 15 is 0 Å².